The topological polar surface area (TPSA) is 26.0 Å². The second-order valence-corrected chi connectivity index (χ2v) is 3.91. The zero-order chi connectivity index (χ0) is 7.82. The molecule has 0 rings (SSSR count). The van der Waals surface area contributed by atoms with Crippen LogP contribution in [0.2, 0.25) is 0 Å². The first-order valence-corrected chi connectivity index (χ1v) is 4.89. The molecule has 0 radical (unpaired) electrons. The van der Waals surface area contributed by atoms with E-state index in [0.29, 0.717) is 4.32 Å². The molecule has 0 atom stereocenters. The van der Waals surface area contributed by atoms with Gasteiger partial charge < -0.3 is 0 Å². The third-order valence-electron chi connectivity index (χ3n) is 1.13. The highest BCUT2D eigenvalue weighted by atomic mass is 32.2. The minimum Gasteiger partial charge on any atom is -0.289 e. The van der Waals surface area contributed by atoms with E-state index in [9.17, 15) is 0 Å². The maximum absolute atomic E-state index is 5.32. The minimum absolute atomic E-state index is 0.636. The van der Waals surface area contributed by atoms with Crippen molar-refractivity contribution in [2.45, 2.75) is 32.6 Å². The van der Waals surface area contributed by atoms with Gasteiger partial charge in [-0.15, -0.1) is 23.6 Å². The molecule has 0 aromatic heterocycles. The molecule has 60 valence electrons. The molecule has 0 saturated carbocycles. The molecule has 0 unspecified atom stereocenters. The average molecular weight is 177 g/mol. The Labute approximate surface area is 72.0 Å². The van der Waals surface area contributed by atoms with Crippen LogP contribution in [0.4, 0.5) is 0 Å². The monoisotopic (exact) mass is 177 g/mol. The van der Waals surface area contributed by atoms with Gasteiger partial charge in [0, 0.05) is 0 Å². The van der Waals surface area contributed by atoms with Gasteiger partial charge in [-0.2, -0.15) is 0 Å². The Bertz CT molecular complexity index is 133. The smallest absolute Gasteiger partial charge is 0.0964 e. The van der Waals surface area contributed by atoms with E-state index in [-0.39, 0.29) is 0 Å². The van der Waals surface area contributed by atoms with Crippen LogP contribution in [0.5, 0.6) is 0 Å². The van der Waals surface area contributed by atoms with E-state index in [1.165, 1.54) is 30.2 Å². The molecule has 0 aliphatic carbocycles. The van der Waals surface area contributed by atoms with Crippen molar-refractivity contribution in [2.75, 3.05) is 0 Å². The Morgan fingerprint density at radius 3 is 2.80 bits per heavy atom. The lowest BCUT2D eigenvalue weighted by molar-refractivity contribution is 0.748. The molecule has 0 amide bonds. The zero-order valence-electron chi connectivity index (χ0n) is 6.34. The summed E-state index contributed by atoms with van der Waals surface area (Å²) in [6.45, 7) is 2.20. The minimum atomic E-state index is 0.636. The van der Waals surface area contributed by atoms with Crippen molar-refractivity contribution in [2.24, 2.45) is 5.73 Å². The molecule has 0 saturated heterocycles. The molecule has 0 spiro atoms. The highest BCUT2D eigenvalue weighted by Gasteiger charge is 1.79. The van der Waals surface area contributed by atoms with Gasteiger partial charge in [-0.05, 0) is 18.2 Å². The largest absolute Gasteiger partial charge is 0.289 e. The Hall–Kier alpha value is 0.270. The Balaban J connectivity index is 3.27. The van der Waals surface area contributed by atoms with Gasteiger partial charge in [-0.25, -0.2) is 0 Å². The first kappa shape index (κ1) is 10.3. The van der Waals surface area contributed by atoms with Crippen molar-refractivity contribution in [3.8, 4) is 0 Å². The number of rotatable bonds is 4. The third-order valence-corrected chi connectivity index (χ3v) is 2.09. The maximum Gasteiger partial charge on any atom is 0.0964 e. The zero-order valence-corrected chi connectivity index (χ0v) is 8.05. The lowest BCUT2D eigenvalue weighted by atomic mass is 10.2. The van der Waals surface area contributed by atoms with Gasteiger partial charge in [0.1, 0.15) is 0 Å². The molecule has 1 nitrogen and oxygen atoms in total. The number of unbranched alkanes of at least 4 members (excludes halogenated alkanes) is 3. The van der Waals surface area contributed by atoms with Gasteiger partial charge in [0.05, 0.1) is 4.32 Å². The summed E-state index contributed by atoms with van der Waals surface area (Å²) in [6, 6.07) is 0. The quantitative estimate of drug-likeness (QED) is 0.384. The predicted octanol–water partition coefficient (Wildman–Crippen LogP) is 2.08. The summed E-state index contributed by atoms with van der Waals surface area (Å²) in [7, 11) is 1.52. The summed E-state index contributed by atoms with van der Waals surface area (Å²) in [6.07, 6.45) is 4.99. The van der Waals surface area contributed by atoms with E-state index in [1.807, 2.05) is 0 Å². The molecule has 0 fully saturated rings. The van der Waals surface area contributed by atoms with Crippen molar-refractivity contribution in [1.82, 2.24) is 0 Å². The molecule has 0 heterocycles. The standard InChI is InChI=1S/C7H15NS2/c1-2-3-4-5-6-10-7(8)9/h6,9H,2-5,8H2,1H3. The summed E-state index contributed by atoms with van der Waals surface area (Å²) in [5.74, 6) is 0. The molecule has 0 aromatic rings. The second-order valence-electron chi connectivity index (χ2n) is 2.12. The van der Waals surface area contributed by atoms with Gasteiger partial charge in [-0.1, -0.05) is 19.8 Å². The molecule has 3 heteroatoms. The first-order chi connectivity index (χ1) is 4.77. The predicted molar refractivity (Wildman–Crippen MR) is 56.0 cm³/mol. The van der Waals surface area contributed by atoms with Gasteiger partial charge >= 0.3 is 0 Å². The van der Waals surface area contributed by atoms with Crippen LogP contribution >= 0.6 is 23.6 Å². The summed E-state index contributed by atoms with van der Waals surface area (Å²) in [4.78, 5) is 0. The van der Waals surface area contributed by atoms with Gasteiger partial charge in [0.25, 0.3) is 0 Å². The number of thiol groups is 1. The number of nitrogens with two attached hydrogens (primary N) is 1. The number of hydrogen-bond donors (Lipinski definition) is 2. The molecule has 0 aromatic carbocycles. The van der Waals surface area contributed by atoms with Crippen molar-refractivity contribution in [3.05, 3.63) is 0 Å². The van der Waals surface area contributed by atoms with Crippen molar-refractivity contribution in [1.29, 1.82) is 0 Å². The summed E-state index contributed by atoms with van der Waals surface area (Å²) in [5.41, 5.74) is 5.32. The van der Waals surface area contributed by atoms with E-state index in [0.717, 1.165) is 6.42 Å². The van der Waals surface area contributed by atoms with E-state index in [2.05, 4.69) is 24.9 Å². The third kappa shape index (κ3) is 8.27. The molecular weight excluding hydrogens is 162 g/mol. The highest BCUT2D eigenvalue weighted by molar-refractivity contribution is 8.16. The fraction of sp³-hybridized carbons (Fsp3) is 0.714. The normalized spacial score (nSPS) is 9.10. The van der Waals surface area contributed by atoms with Gasteiger partial charge in [-0.3, -0.25) is 5.73 Å². The van der Waals surface area contributed by atoms with Crippen molar-refractivity contribution >= 4 is 33.3 Å². The van der Waals surface area contributed by atoms with E-state index in [4.69, 9.17) is 5.73 Å². The van der Waals surface area contributed by atoms with Crippen LogP contribution in [-0.2, 0) is 0 Å². The molecule has 0 bridgehead atoms. The summed E-state index contributed by atoms with van der Waals surface area (Å²) >= 11 is 3.95. The molecular formula is C7H15NS2. The van der Waals surface area contributed by atoms with Crippen LogP contribution < -0.4 is 5.73 Å². The van der Waals surface area contributed by atoms with Crippen LogP contribution in [0.25, 0.3) is 0 Å². The fourth-order valence-electron chi connectivity index (χ4n) is 0.622. The van der Waals surface area contributed by atoms with Crippen LogP contribution in [0.1, 0.15) is 32.6 Å². The Morgan fingerprint density at radius 1 is 1.60 bits per heavy atom. The molecule has 0 aliphatic heterocycles. The van der Waals surface area contributed by atoms with Gasteiger partial charge in [0.2, 0.25) is 0 Å². The van der Waals surface area contributed by atoms with Crippen molar-refractivity contribution < 1.29 is 0 Å². The first-order valence-electron chi connectivity index (χ1n) is 3.57. The van der Waals surface area contributed by atoms with Crippen LogP contribution in [-0.4, -0.2) is 9.69 Å². The Kier molecular flexibility index (Phi) is 7.58. The van der Waals surface area contributed by atoms with E-state index in [1.54, 1.807) is 0 Å². The Morgan fingerprint density at radius 2 is 2.30 bits per heavy atom. The fourth-order valence-corrected chi connectivity index (χ4v) is 1.30. The SMILES string of the molecule is CCCCCC=S=C(N)S. The van der Waals surface area contributed by atoms with Crippen LogP contribution in [0, 0.1) is 0 Å². The van der Waals surface area contributed by atoms with Crippen LogP contribution in [0.3, 0.4) is 0 Å². The molecule has 10 heavy (non-hydrogen) atoms. The second kappa shape index (κ2) is 7.38. The van der Waals surface area contributed by atoms with E-state index < -0.39 is 0 Å². The van der Waals surface area contributed by atoms with Crippen molar-refractivity contribution in [3.63, 3.8) is 0 Å². The lowest BCUT2D eigenvalue weighted by Crippen LogP contribution is -1.96. The van der Waals surface area contributed by atoms with E-state index >= 15 is 0 Å². The lowest BCUT2D eigenvalue weighted by Gasteiger charge is -1.88. The molecule has 0 aliphatic rings. The maximum atomic E-state index is 5.32. The van der Waals surface area contributed by atoms with Gasteiger partial charge in [0.15, 0.2) is 0 Å². The molecule has 2 N–H and O–H groups in total. The van der Waals surface area contributed by atoms with Crippen LogP contribution in [0.15, 0.2) is 0 Å². The number of hydrogen-bond acceptors (Lipinski definition) is 0. The summed E-state index contributed by atoms with van der Waals surface area (Å²) < 4.78 is 0.636. The highest BCUT2D eigenvalue weighted by Crippen LogP contribution is 1.96. The average Bonchev–Trinajstić information content (AvgIpc) is 1.87. The summed E-state index contributed by atoms with van der Waals surface area (Å²) in [5, 5.41) is 2.11.